The molecule has 0 saturated carbocycles. The first-order chi connectivity index (χ1) is 11.0. The number of rotatable bonds is 6. The molecular weight excluding hydrogens is 310 g/mol. The lowest BCUT2D eigenvalue weighted by Crippen LogP contribution is -2.52. The summed E-state index contributed by atoms with van der Waals surface area (Å²) in [7, 11) is 1.86. The molecule has 0 radical (unpaired) electrons. The molecular formula is C17H33N3O4. The van der Waals surface area contributed by atoms with Gasteiger partial charge in [-0.3, -0.25) is 14.6 Å². The maximum Gasteiger partial charge on any atom is 0.410 e. The predicted octanol–water partition coefficient (Wildman–Crippen LogP) is 1.58. The molecule has 1 aliphatic rings. The minimum Gasteiger partial charge on any atom is -0.480 e. The molecule has 7 heteroatoms. The number of likely N-dealkylation sites (N-methyl/N-ethyl adjacent to an activating group) is 1. The van der Waals surface area contributed by atoms with Crippen LogP contribution in [0.1, 0.15) is 34.6 Å². The highest BCUT2D eigenvalue weighted by atomic mass is 16.6. The lowest BCUT2D eigenvalue weighted by atomic mass is 10.0. The van der Waals surface area contributed by atoms with Gasteiger partial charge in [-0.1, -0.05) is 13.8 Å². The first-order valence-corrected chi connectivity index (χ1v) is 8.64. The number of carbonyl (C=O) groups excluding carboxylic acids is 1. The van der Waals surface area contributed by atoms with E-state index in [0.29, 0.717) is 19.6 Å². The Morgan fingerprint density at radius 3 is 2.12 bits per heavy atom. The molecule has 1 fully saturated rings. The number of hydrogen-bond donors (Lipinski definition) is 1. The smallest absolute Gasteiger partial charge is 0.410 e. The van der Waals surface area contributed by atoms with Crippen LogP contribution in [0, 0.1) is 5.92 Å². The maximum absolute atomic E-state index is 12.0. The third kappa shape index (κ3) is 6.65. The van der Waals surface area contributed by atoms with E-state index in [0.717, 1.165) is 19.6 Å². The average molecular weight is 343 g/mol. The number of carbonyl (C=O) groups is 2. The van der Waals surface area contributed by atoms with Crippen LogP contribution in [0.15, 0.2) is 0 Å². The zero-order valence-electron chi connectivity index (χ0n) is 15.9. The van der Waals surface area contributed by atoms with Crippen LogP contribution in [-0.2, 0) is 9.53 Å². The zero-order valence-corrected chi connectivity index (χ0v) is 15.9. The summed E-state index contributed by atoms with van der Waals surface area (Å²) in [4.78, 5) is 29.3. The van der Waals surface area contributed by atoms with Gasteiger partial charge in [0.15, 0.2) is 0 Å². The Balaban J connectivity index is 2.38. The van der Waals surface area contributed by atoms with Gasteiger partial charge in [-0.15, -0.1) is 0 Å². The van der Waals surface area contributed by atoms with E-state index in [1.54, 1.807) is 4.90 Å². The highest BCUT2D eigenvalue weighted by molar-refractivity contribution is 5.73. The topological polar surface area (TPSA) is 73.3 Å². The van der Waals surface area contributed by atoms with Crippen LogP contribution in [0.25, 0.3) is 0 Å². The highest BCUT2D eigenvalue weighted by Crippen LogP contribution is 2.13. The standard InChI is InChI=1S/C17H33N3O4/c1-13(2)14(15(21)22)18(6)7-8-19-9-11-20(12-10-19)16(23)24-17(3,4)5/h13-14H,7-12H2,1-6H3,(H,21,22). The van der Waals surface area contributed by atoms with Gasteiger partial charge in [-0.05, 0) is 33.7 Å². The second-order valence-corrected chi connectivity index (χ2v) is 7.82. The molecule has 0 aromatic rings. The van der Waals surface area contributed by atoms with E-state index in [4.69, 9.17) is 4.74 Å². The summed E-state index contributed by atoms with van der Waals surface area (Å²) in [5.74, 6) is -0.709. The van der Waals surface area contributed by atoms with Crippen LogP contribution < -0.4 is 0 Å². The van der Waals surface area contributed by atoms with Crippen molar-refractivity contribution in [1.29, 1.82) is 0 Å². The van der Waals surface area contributed by atoms with Gasteiger partial charge in [0.25, 0.3) is 0 Å². The Bertz CT molecular complexity index is 426. The Morgan fingerprint density at radius 2 is 1.71 bits per heavy atom. The molecule has 140 valence electrons. The van der Waals surface area contributed by atoms with Crippen LogP contribution in [-0.4, -0.2) is 89.8 Å². The van der Waals surface area contributed by atoms with Crippen LogP contribution in [0.2, 0.25) is 0 Å². The van der Waals surface area contributed by atoms with Crippen LogP contribution in [0.5, 0.6) is 0 Å². The lowest BCUT2D eigenvalue weighted by Gasteiger charge is -2.37. The van der Waals surface area contributed by atoms with Crippen molar-refractivity contribution in [1.82, 2.24) is 14.7 Å². The monoisotopic (exact) mass is 343 g/mol. The third-order valence-electron chi connectivity index (χ3n) is 4.15. The molecule has 0 bridgehead atoms. The lowest BCUT2D eigenvalue weighted by molar-refractivity contribution is -0.144. The second kappa shape index (κ2) is 8.67. The van der Waals surface area contributed by atoms with Gasteiger partial charge in [0, 0.05) is 39.3 Å². The summed E-state index contributed by atoms with van der Waals surface area (Å²) in [5.41, 5.74) is -0.473. The number of aliphatic carboxylic acids is 1. The zero-order chi connectivity index (χ0) is 18.5. The van der Waals surface area contributed by atoms with Crippen molar-refractivity contribution in [2.75, 3.05) is 46.3 Å². The number of piperazine rings is 1. The summed E-state index contributed by atoms with van der Waals surface area (Å²) < 4.78 is 5.39. The van der Waals surface area contributed by atoms with Crippen molar-refractivity contribution in [2.24, 2.45) is 5.92 Å². The molecule has 1 amide bonds. The first-order valence-electron chi connectivity index (χ1n) is 8.64. The summed E-state index contributed by atoms with van der Waals surface area (Å²) in [6.45, 7) is 13.8. The quantitative estimate of drug-likeness (QED) is 0.789. The predicted molar refractivity (Wildman–Crippen MR) is 93.1 cm³/mol. The van der Waals surface area contributed by atoms with Gasteiger partial charge < -0.3 is 14.7 Å². The number of carboxylic acid groups (broad SMARTS) is 1. The molecule has 1 saturated heterocycles. The van der Waals surface area contributed by atoms with Gasteiger partial charge in [-0.25, -0.2) is 4.79 Å². The van der Waals surface area contributed by atoms with Gasteiger partial charge in [0.05, 0.1) is 0 Å². The Hall–Kier alpha value is -1.34. The van der Waals surface area contributed by atoms with Crippen molar-refractivity contribution >= 4 is 12.1 Å². The molecule has 1 heterocycles. The number of ether oxygens (including phenoxy) is 1. The number of nitrogens with zero attached hydrogens (tertiary/aromatic N) is 3. The van der Waals surface area contributed by atoms with E-state index in [1.165, 1.54) is 0 Å². The fourth-order valence-corrected chi connectivity index (χ4v) is 2.90. The maximum atomic E-state index is 12.0. The van der Waals surface area contributed by atoms with Crippen molar-refractivity contribution in [3.05, 3.63) is 0 Å². The SMILES string of the molecule is CC(C)C(C(=O)O)N(C)CCN1CCN(C(=O)OC(C)(C)C)CC1. The van der Waals surface area contributed by atoms with Crippen molar-refractivity contribution < 1.29 is 19.4 Å². The van der Waals surface area contributed by atoms with Gasteiger partial charge in [0.1, 0.15) is 11.6 Å². The molecule has 0 aromatic heterocycles. The van der Waals surface area contributed by atoms with Crippen molar-refractivity contribution in [3.63, 3.8) is 0 Å². The Labute approximate surface area is 145 Å². The number of hydrogen-bond acceptors (Lipinski definition) is 5. The van der Waals surface area contributed by atoms with E-state index in [-0.39, 0.29) is 12.0 Å². The average Bonchev–Trinajstić information content (AvgIpc) is 2.43. The highest BCUT2D eigenvalue weighted by Gasteiger charge is 2.28. The molecule has 0 spiro atoms. The van der Waals surface area contributed by atoms with E-state index < -0.39 is 17.6 Å². The number of carboxylic acids is 1. The Morgan fingerprint density at radius 1 is 1.17 bits per heavy atom. The molecule has 1 unspecified atom stereocenters. The minimum absolute atomic E-state index is 0.0662. The summed E-state index contributed by atoms with van der Waals surface area (Å²) in [6.07, 6.45) is -0.259. The largest absolute Gasteiger partial charge is 0.480 e. The second-order valence-electron chi connectivity index (χ2n) is 7.82. The van der Waals surface area contributed by atoms with Crippen LogP contribution >= 0.6 is 0 Å². The third-order valence-corrected chi connectivity index (χ3v) is 4.15. The molecule has 24 heavy (non-hydrogen) atoms. The molecule has 1 aliphatic heterocycles. The van der Waals surface area contributed by atoms with Crippen molar-refractivity contribution in [3.8, 4) is 0 Å². The van der Waals surface area contributed by atoms with E-state index in [2.05, 4.69) is 4.90 Å². The summed E-state index contributed by atoms with van der Waals surface area (Å²) >= 11 is 0. The normalized spacial score (nSPS) is 18.1. The first kappa shape index (κ1) is 20.7. The molecule has 0 aromatic carbocycles. The van der Waals surface area contributed by atoms with Crippen LogP contribution in [0.3, 0.4) is 0 Å². The van der Waals surface area contributed by atoms with Crippen LogP contribution in [0.4, 0.5) is 4.79 Å². The van der Waals surface area contributed by atoms with E-state index >= 15 is 0 Å². The molecule has 1 N–H and O–H groups in total. The van der Waals surface area contributed by atoms with Gasteiger partial charge >= 0.3 is 12.1 Å². The molecule has 0 aliphatic carbocycles. The van der Waals surface area contributed by atoms with Gasteiger partial charge in [-0.2, -0.15) is 0 Å². The molecule has 1 rings (SSSR count). The summed E-state index contributed by atoms with van der Waals surface area (Å²) in [6, 6.07) is -0.465. The number of amides is 1. The summed E-state index contributed by atoms with van der Waals surface area (Å²) in [5, 5.41) is 9.33. The van der Waals surface area contributed by atoms with E-state index in [9.17, 15) is 14.7 Å². The fourth-order valence-electron chi connectivity index (χ4n) is 2.90. The Kier molecular flexibility index (Phi) is 7.48. The van der Waals surface area contributed by atoms with Gasteiger partial charge in [0.2, 0.25) is 0 Å². The van der Waals surface area contributed by atoms with E-state index in [1.807, 2.05) is 46.6 Å². The molecule has 1 atom stereocenters. The van der Waals surface area contributed by atoms with Crippen molar-refractivity contribution in [2.45, 2.75) is 46.3 Å². The molecule has 7 nitrogen and oxygen atoms in total. The fraction of sp³-hybridized carbons (Fsp3) is 0.882. The minimum atomic E-state index is -0.776.